The number of pyridine rings is 1. The van der Waals surface area contributed by atoms with Crippen molar-refractivity contribution >= 4 is 17.6 Å². The number of anilines is 1. The van der Waals surface area contributed by atoms with Gasteiger partial charge in [-0.25, -0.2) is 9.78 Å². The van der Waals surface area contributed by atoms with E-state index in [-0.39, 0.29) is 23.6 Å². The van der Waals surface area contributed by atoms with Crippen molar-refractivity contribution in [2.75, 3.05) is 25.6 Å². The number of rotatable bonds is 4. The molecule has 2 rings (SSSR count). The second-order valence-electron chi connectivity index (χ2n) is 4.27. The van der Waals surface area contributed by atoms with Gasteiger partial charge in [0.05, 0.1) is 31.0 Å². The van der Waals surface area contributed by atoms with Gasteiger partial charge in [0.1, 0.15) is 5.69 Å². The fourth-order valence-electron chi connectivity index (χ4n) is 1.93. The molecule has 0 spiro atoms. The molecule has 0 saturated carbocycles. The van der Waals surface area contributed by atoms with E-state index >= 15 is 0 Å². The maximum atomic E-state index is 12.0. The molecule has 2 heterocycles. The van der Waals surface area contributed by atoms with Crippen molar-refractivity contribution in [2.45, 2.75) is 6.04 Å². The van der Waals surface area contributed by atoms with E-state index in [4.69, 9.17) is 9.84 Å². The molecule has 0 aliphatic carbocycles. The van der Waals surface area contributed by atoms with Crippen LogP contribution in [0, 0.1) is 5.92 Å². The number of nitrogens with zero attached hydrogens (tertiary/aromatic N) is 1. The summed E-state index contributed by atoms with van der Waals surface area (Å²) in [5, 5.41) is 14.4. The Kier molecular flexibility index (Phi) is 4.08. The standard InChI is InChI=1S/C12H15N3O4/c1-13-10-6-19-5-8(10)11(16)15-7-2-3-9(12(17)18)14-4-7/h2-4,8,10,13H,5-6H2,1H3,(H,15,16)(H,17,18). The summed E-state index contributed by atoms with van der Waals surface area (Å²) >= 11 is 0. The quantitative estimate of drug-likeness (QED) is 0.706. The molecule has 1 aromatic heterocycles. The van der Waals surface area contributed by atoms with E-state index in [9.17, 15) is 9.59 Å². The number of carboxylic acid groups (broad SMARTS) is 1. The van der Waals surface area contributed by atoms with Crippen LogP contribution in [0.2, 0.25) is 0 Å². The molecule has 1 amide bonds. The van der Waals surface area contributed by atoms with Crippen LogP contribution < -0.4 is 10.6 Å². The molecule has 1 saturated heterocycles. The first-order valence-corrected chi connectivity index (χ1v) is 5.87. The Morgan fingerprint density at radius 3 is 2.79 bits per heavy atom. The number of nitrogens with one attached hydrogen (secondary N) is 2. The van der Waals surface area contributed by atoms with Gasteiger partial charge in [0.25, 0.3) is 0 Å². The van der Waals surface area contributed by atoms with Crippen LogP contribution in [0.3, 0.4) is 0 Å². The summed E-state index contributed by atoms with van der Waals surface area (Å²) in [5.41, 5.74) is 0.409. The van der Waals surface area contributed by atoms with E-state index in [1.807, 2.05) is 0 Å². The van der Waals surface area contributed by atoms with Crippen LogP contribution in [0.15, 0.2) is 18.3 Å². The van der Waals surface area contributed by atoms with E-state index in [0.29, 0.717) is 18.9 Å². The highest BCUT2D eigenvalue weighted by Crippen LogP contribution is 2.16. The van der Waals surface area contributed by atoms with Crippen molar-refractivity contribution in [1.29, 1.82) is 0 Å². The molecule has 2 atom stereocenters. The minimum Gasteiger partial charge on any atom is -0.477 e. The van der Waals surface area contributed by atoms with Gasteiger partial charge >= 0.3 is 5.97 Å². The smallest absolute Gasteiger partial charge is 0.354 e. The lowest BCUT2D eigenvalue weighted by Gasteiger charge is -2.16. The molecule has 19 heavy (non-hydrogen) atoms. The molecule has 0 radical (unpaired) electrons. The number of hydrogen-bond acceptors (Lipinski definition) is 5. The van der Waals surface area contributed by atoms with Gasteiger partial charge < -0.3 is 20.5 Å². The van der Waals surface area contributed by atoms with Crippen LogP contribution in [0.5, 0.6) is 0 Å². The lowest BCUT2D eigenvalue weighted by Crippen LogP contribution is -2.39. The van der Waals surface area contributed by atoms with E-state index in [2.05, 4.69) is 15.6 Å². The molecule has 102 valence electrons. The number of carboxylic acids is 1. The van der Waals surface area contributed by atoms with E-state index in [0.717, 1.165) is 0 Å². The SMILES string of the molecule is CNC1COCC1C(=O)Nc1ccc(C(=O)O)nc1. The number of ether oxygens (including phenoxy) is 1. The van der Waals surface area contributed by atoms with Crippen LogP contribution in [0.25, 0.3) is 0 Å². The number of carbonyl (C=O) groups is 2. The molecule has 1 fully saturated rings. The largest absolute Gasteiger partial charge is 0.477 e. The Morgan fingerprint density at radius 2 is 2.21 bits per heavy atom. The molecule has 2 unspecified atom stereocenters. The van der Waals surface area contributed by atoms with Crippen LogP contribution in [0.4, 0.5) is 5.69 Å². The average molecular weight is 265 g/mol. The zero-order chi connectivity index (χ0) is 13.8. The lowest BCUT2D eigenvalue weighted by atomic mass is 10.0. The number of aromatic carboxylic acids is 1. The van der Waals surface area contributed by atoms with Crippen molar-refractivity contribution < 1.29 is 19.4 Å². The third kappa shape index (κ3) is 3.07. The Hall–Kier alpha value is -1.99. The zero-order valence-corrected chi connectivity index (χ0v) is 10.4. The predicted octanol–water partition coefficient (Wildman–Crippen LogP) is -0.0473. The Morgan fingerprint density at radius 1 is 1.42 bits per heavy atom. The summed E-state index contributed by atoms with van der Waals surface area (Å²) in [6, 6.07) is 2.85. The van der Waals surface area contributed by atoms with Gasteiger partial charge in [0, 0.05) is 6.04 Å². The summed E-state index contributed by atoms with van der Waals surface area (Å²) in [6.45, 7) is 0.878. The number of aromatic nitrogens is 1. The normalized spacial score (nSPS) is 22.2. The van der Waals surface area contributed by atoms with Gasteiger partial charge in [0.15, 0.2) is 0 Å². The number of amides is 1. The Balaban J connectivity index is 2.00. The number of hydrogen-bond donors (Lipinski definition) is 3. The van der Waals surface area contributed by atoms with Crippen molar-refractivity contribution in [1.82, 2.24) is 10.3 Å². The monoisotopic (exact) mass is 265 g/mol. The van der Waals surface area contributed by atoms with Gasteiger partial charge in [-0.1, -0.05) is 0 Å². The maximum Gasteiger partial charge on any atom is 0.354 e. The fourth-order valence-corrected chi connectivity index (χ4v) is 1.93. The first-order chi connectivity index (χ1) is 9.11. The second-order valence-corrected chi connectivity index (χ2v) is 4.27. The first-order valence-electron chi connectivity index (χ1n) is 5.87. The highest BCUT2D eigenvalue weighted by molar-refractivity contribution is 5.93. The van der Waals surface area contributed by atoms with E-state index in [1.54, 1.807) is 7.05 Å². The van der Waals surface area contributed by atoms with E-state index < -0.39 is 5.97 Å². The number of carbonyl (C=O) groups excluding carboxylic acids is 1. The molecular formula is C12H15N3O4. The zero-order valence-electron chi connectivity index (χ0n) is 10.4. The Bertz CT molecular complexity index is 474. The van der Waals surface area contributed by atoms with Crippen molar-refractivity contribution in [3.63, 3.8) is 0 Å². The molecule has 1 aliphatic heterocycles. The van der Waals surface area contributed by atoms with Gasteiger partial charge in [-0.15, -0.1) is 0 Å². The maximum absolute atomic E-state index is 12.0. The van der Waals surface area contributed by atoms with E-state index in [1.165, 1.54) is 18.3 Å². The van der Waals surface area contributed by atoms with Gasteiger partial charge in [-0.05, 0) is 19.2 Å². The minimum absolute atomic E-state index is 0.00810. The van der Waals surface area contributed by atoms with Crippen molar-refractivity contribution in [3.05, 3.63) is 24.0 Å². The topological polar surface area (TPSA) is 101 Å². The summed E-state index contributed by atoms with van der Waals surface area (Å²) < 4.78 is 5.25. The third-order valence-electron chi connectivity index (χ3n) is 3.04. The highest BCUT2D eigenvalue weighted by atomic mass is 16.5. The third-order valence-corrected chi connectivity index (χ3v) is 3.04. The molecule has 7 heteroatoms. The molecule has 1 aliphatic rings. The predicted molar refractivity (Wildman–Crippen MR) is 67.0 cm³/mol. The Labute approximate surface area is 110 Å². The van der Waals surface area contributed by atoms with Gasteiger partial charge in [-0.2, -0.15) is 0 Å². The van der Waals surface area contributed by atoms with Crippen LogP contribution >= 0.6 is 0 Å². The molecule has 3 N–H and O–H groups in total. The van der Waals surface area contributed by atoms with Crippen LogP contribution in [0.1, 0.15) is 10.5 Å². The first kappa shape index (κ1) is 13.4. The molecular weight excluding hydrogens is 250 g/mol. The number of likely N-dealkylation sites (N-methyl/N-ethyl adjacent to an activating group) is 1. The summed E-state index contributed by atoms with van der Waals surface area (Å²) in [7, 11) is 1.78. The molecule has 7 nitrogen and oxygen atoms in total. The highest BCUT2D eigenvalue weighted by Gasteiger charge is 2.32. The van der Waals surface area contributed by atoms with Gasteiger partial charge in [-0.3, -0.25) is 4.79 Å². The fraction of sp³-hybridized carbons (Fsp3) is 0.417. The average Bonchev–Trinajstić information content (AvgIpc) is 2.87. The van der Waals surface area contributed by atoms with Crippen molar-refractivity contribution in [3.8, 4) is 0 Å². The van der Waals surface area contributed by atoms with Crippen molar-refractivity contribution in [2.24, 2.45) is 5.92 Å². The molecule has 0 aromatic carbocycles. The van der Waals surface area contributed by atoms with Crippen LogP contribution in [-0.4, -0.2) is 48.3 Å². The minimum atomic E-state index is -1.10. The summed E-state index contributed by atoms with van der Waals surface area (Å²) in [6.07, 6.45) is 1.32. The summed E-state index contributed by atoms with van der Waals surface area (Å²) in [5.74, 6) is -1.52. The summed E-state index contributed by atoms with van der Waals surface area (Å²) in [4.78, 5) is 26.4. The second kappa shape index (κ2) is 5.77. The molecule has 1 aromatic rings. The lowest BCUT2D eigenvalue weighted by molar-refractivity contribution is -0.120. The van der Waals surface area contributed by atoms with Crippen LogP contribution in [-0.2, 0) is 9.53 Å². The van der Waals surface area contributed by atoms with Gasteiger partial charge in [0.2, 0.25) is 5.91 Å². The molecule has 0 bridgehead atoms.